The van der Waals surface area contributed by atoms with Gasteiger partial charge in [0, 0.05) is 19.8 Å². The maximum absolute atomic E-state index is 12.2. The van der Waals surface area contributed by atoms with Gasteiger partial charge in [-0.05, 0) is 26.1 Å². The Balaban J connectivity index is 2.88. The van der Waals surface area contributed by atoms with Crippen molar-refractivity contribution in [3.63, 3.8) is 0 Å². The maximum Gasteiger partial charge on any atom is 0.244 e. The second-order valence-corrected chi connectivity index (χ2v) is 6.54. The molecule has 0 aliphatic carbocycles. The summed E-state index contributed by atoms with van der Waals surface area (Å²) in [5, 5.41) is 3.18. The molecular weight excluding hydrogens is 297 g/mol. The zero-order valence-corrected chi connectivity index (χ0v) is 12.5. The largest absolute Gasteiger partial charge is 0.320 e. The van der Waals surface area contributed by atoms with E-state index in [0.29, 0.717) is 6.54 Å². The van der Waals surface area contributed by atoms with E-state index in [1.54, 1.807) is 0 Å². The predicted octanol–water partition coefficient (Wildman–Crippen LogP) is 1.62. The molecule has 8 heteroatoms. The van der Waals surface area contributed by atoms with Gasteiger partial charge in [-0.3, -0.25) is 0 Å². The minimum Gasteiger partial charge on any atom is -0.320 e. The van der Waals surface area contributed by atoms with Crippen LogP contribution in [0.3, 0.4) is 0 Å². The van der Waals surface area contributed by atoms with E-state index in [0.717, 1.165) is 13.0 Å². The fourth-order valence-corrected chi connectivity index (χ4v) is 2.84. The average Bonchev–Trinajstić information content (AvgIpc) is 2.32. The summed E-state index contributed by atoms with van der Waals surface area (Å²) in [5.74, 6) is 0. The monoisotopic (exact) mass is 311 g/mol. The van der Waals surface area contributed by atoms with Crippen molar-refractivity contribution in [2.45, 2.75) is 11.3 Å². The van der Waals surface area contributed by atoms with Gasteiger partial charge in [-0.2, -0.15) is 0 Å². The van der Waals surface area contributed by atoms with Crippen LogP contribution in [-0.4, -0.2) is 44.9 Å². The summed E-state index contributed by atoms with van der Waals surface area (Å²) in [7, 11) is -0.221. The smallest absolute Gasteiger partial charge is 0.244 e. The molecule has 0 saturated heterocycles. The molecule has 0 bridgehead atoms. The summed E-state index contributed by atoms with van der Waals surface area (Å²) in [6.07, 6.45) is 1.93. The quantitative estimate of drug-likeness (QED) is 0.640. The lowest BCUT2D eigenvalue weighted by atomic mass is 10.4. The Bertz CT molecular complexity index is 508. The van der Waals surface area contributed by atoms with Crippen LogP contribution in [0.1, 0.15) is 6.42 Å². The van der Waals surface area contributed by atoms with E-state index < -0.39 is 10.0 Å². The topological polar surface area (TPSA) is 62.3 Å². The van der Waals surface area contributed by atoms with E-state index in [2.05, 4.69) is 10.3 Å². The van der Waals surface area contributed by atoms with E-state index in [4.69, 9.17) is 23.2 Å². The van der Waals surface area contributed by atoms with E-state index in [1.807, 2.05) is 7.05 Å². The Morgan fingerprint density at radius 1 is 1.44 bits per heavy atom. The zero-order valence-electron chi connectivity index (χ0n) is 10.2. The number of halogens is 2. The summed E-state index contributed by atoms with van der Waals surface area (Å²) in [6.45, 7) is 1.17. The summed E-state index contributed by atoms with van der Waals surface area (Å²) in [5.41, 5.74) is 0. The first-order chi connectivity index (χ1) is 8.39. The Morgan fingerprint density at radius 2 is 2.11 bits per heavy atom. The first-order valence-corrected chi connectivity index (χ1v) is 7.51. The number of nitrogens with zero attached hydrogens (tertiary/aromatic N) is 2. The van der Waals surface area contributed by atoms with E-state index in [9.17, 15) is 8.42 Å². The molecule has 18 heavy (non-hydrogen) atoms. The summed E-state index contributed by atoms with van der Waals surface area (Å²) in [4.78, 5) is 3.78. The lowest BCUT2D eigenvalue weighted by Crippen LogP contribution is -2.29. The molecule has 1 heterocycles. The molecule has 0 amide bonds. The van der Waals surface area contributed by atoms with E-state index in [1.165, 1.54) is 23.6 Å². The molecule has 0 atom stereocenters. The van der Waals surface area contributed by atoms with Gasteiger partial charge < -0.3 is 5.32 Å². The van der Waals surface area contributed by atoms with Gasteiger partial charge in [0.05, 0.1) is 5.02 Å². The van der Waals surface area contributed by atoms with Crippen LogP contribution in [0.15, 0.2) is 17.2 Å². The van der Waals surface area contributed by atoms with Crippen LogP contribution in [0, 0.1) is 0 Å². The standard InChI is InChI=1S/C10H15Cl2N3O2S/c1-13-4-3-5-15(2)18(16,17)8-6-9(11)10(12)14-7-8/h6-7,13H,3-5H2,1-2H3. The second-order valence-electron chi connectivity index (χ2n) is 3.73. The Kier molecular flexibility index (Phi) is 5.81. The van der Waals surface area contributed by atoms with Gasteiger partial charge in [-0.25, -0.2) is 17.7 Å². The molecule has 1 aromatic heterocycles. The highest BCUT2D eigenvalue weighted by atomic mass is 35.5. The van der Waals surface area contributed by atoms with Gasteiger partial charge in [0.25, 0.3) is 0 Å². The van der Waals surface area contributed by atoms with Crippen LogP contribution in [-0.2, 0) is 10.0 Å². The molecule has 0 aliphatic rings. The van der Waals surface area contributed by atoms with Crippen molar-refractivity contribution in [1.29, 1.82) is 0 Å². The highest BCUT2D eigenvalue weighted by Gasteiger charge is 2.21. The first-order valence-electron chi connectivity index (χ1n) is 5.31. The summed E-state index contributed by atoms with van der Waals surface area (Å²) in [6, 6.07) is 1.31. The fourth-order valence-electron chi connectivity index (χ4n) is 1.32. The maximum atomic E-state index is 12.2. The number of sulfonamides is 1. The Labute approximate surface area is 117 Å². The van der Waals surface area contributed by atoms with Crippen molar-refractivity contribution in [2.24, 2.45) is 0 Å². The number of nitrogens with one attached hydrogen (secondary N) is 1. The van der Waals surface area contributed by atoms with Gasteiger partial charge in [0.2, 0.25) is 10.0 Å². The van der Waals surface area contributed by atoms with Gasteiger partial charge in [0.15, 0.2) is 0 Å². The van der Waals surface area contributed by atoms with Crippen LogP contribution < -0.4 is 5.32 Å². The van der Waals surface area contributed by atoms with E-state index >= 15 is 0 Å². The van der Waals surface area contributed by atoms with Crippen LogP contribution >= 0.6 is 23.2 Å². The summed E-state index contributed by atoms with van der Waals surface area (Å²) >= 11 is 11.4. The molecule has 0 saturated carbocycles. The SMILES string of the molecule is CNCCCN(C)S(=O)(=O)c1cnc(Cl)c(Cl)c1. The third kappa shape index (κ3) is 3.80. The molecule has 0 fully saturated rings. The molecule has 1 rings (SSSR count). The molecule has 5 nitrogen and oxygen atoms in total. The van der Waals surface area contributed by atoms with Crippen molar-refractivity contribution in [3.05, 3.63) is 22.4 Å². The van der Waals surface area contributed by atoms with E-state index in [-0.39, 0.29) is 15.1 Å². The Morgan fingerprint density at radius 3 is 2.67 bits per heavy atom. The minimum atomic E-state index is -3.56. The lowest BCUT2D eigenvalue weighted by Gasteiger charge is -2.17. The van der Waals surface area contributed by atoms with Gasteiger partial charge in [0.1, 0.15) is 10.0 Å². The van der Waals surface area contributed by atoms with Gasteiger partial charge >= 0.3 is 0 Å². The number of pyridine rings is 1. The van der Waals surface area contributed by atoms with Crippen molar-refractivity contribution in [3.8, 4) is 0 Å². The number of rotatable bonds is 6. The normalized spacial score (nSPS) is 12.1. The number of hydrogen-bond donors (Lipinski definition) is 1. The van der Waals surface area contributed by atoms with Crippen LogP contribution in [0.5, 0.6) is 0 Å². The third-order valence-electron chi connectivity index (χ3n) is 2.38. The average molecular weight is 312 g/mol. The summed E-state index contributed by atoms with van der Waals surface area (Å²) < 4.78 is 25.6. The fraction of sp³-hybridized carbons (Fsp3) is 0.500. The Hall–Kier alpha value is -0.400. The molecular formula is C10H15Cl2N3O2S. The molecule has 1 N–H and O–H groups in total. The van der Waals surface area contributed by atoms with Crippen molar-refractivity contribution in [2.75, 3.05) is 27.2 Å². The minimum absolute atomic E-state index is 0.0452. The van der Waals surface area contributed by atoms with Gasteiger partial charge in [-0.15, -0.1) is 0 Å². The van der Waals surface area contributed by atoms with Crippen LogP contribution in [0.2, 0.25) is 10.2 Å². The molecule has 102 valence electrons. The number of aromatic nitrogens is 1. The number of hydrogen-bond acceptors (Lipinski definition) is 4. The molecule has 0 unspecified atom stereocenters. The lowest BCUT2D eigenvalue weighted by molar-refractivity contribution is 0.458. The van der Waals surface area contributed by atoms with Crippen LogP contribution in [0.4, 0.5) is 0 Å². The highest BCUT2D eigenvalue weighted by molar-refractivity contribution is 7.89. The molecule has 0 aliphatic heterocycles. The zero-order chi connectivity index (χ0) is 13.8. The predicted molar refractivity (Wildman–Crippen MR) is 72.6 cm³/mol. The van der Waals surface area contributed by atoms with Crippen molar-refractivity contribution < 1.29 is 8.42 Å². The first kappa shape index (κ1) is 15.7. The molecule has 0 radical (unpaired) electrons. The second kappa shape index (κ2) is 6.68. The molecule has 0 spiro atoms. The third-order valence-corrected chi connectivity index (χ3v) is 4.89. The van der Waals surface area contributed by atoms with Crippen molar-refractivity contribution in [1.82, 2.24) is 14.6 Å². The van der Waals surface area contributed by atoms with Crippen molar-refractivity contribution >= 4 is 33.2 Å². The molecule has 1 aromatic rings. The van der Waals surface area contributed by atoms with Gasteiger partial charge in [-0.1, -0.05) is 23.2 Å². The highest BCUT2D eigenvalue weighted by Crippen LogP contribution is 2.23. The van der Waals surface area contributed by atoms with Crippen LogP contribution in [0.25, 0.3) is 0 Å². The molecule has 0 aromatic carbocycles.